The Morgan fingerprint density at radius 1 is 0.969 bits per heavy atom. The molecule has 2 amide bonds. The van der Waals surface area contributed by atoms with Gasteiger partial charge in [0.15, 0.2) is 0 Å². The number of ether oxygens (including phenoxy) is 1. The number of nitrogens with zero attached hydrogens (tertiary/aromatic N) is 1. The van der Waals surface area contributed by atoms with E-state index in [1.807, 2.05) is 13.0 Å². The van der Waals surface area contributed by atoms with Gasteiger partial charge in [-0.2, -0.15) is 0 Å². The Kier molecular flexibility index (Phi) is 4.84. The molecule has 1 fully saturated rings. The van der Waals surface area contributed by atoms with Crippen LogP contribution in [0, 0.1) is 12.8 Å². The molecule has 0 aromatic heterocycles. The summed E-state index contributed by atoms with van der Waals surface area (Å²) < 4.78 is 5.60. The summed E-state index contributed by atoms with van der Waals surface area (Å²) in [6.45, 7) is 1.84. The molecule has 0 unspecified atom stereocenters. The zero-order valence-corrected chi connectivity index (χ0v) is 18.5. The maximum absolute atomic E-state index is 13.7. The zero-order chi connectivity index (χ0) is 22.6. The second kappa shape index (κ2) is 7.47. The summed E-state index contributed by atoms with van der Waals surface area (Å²) in [5.41, 5.74) is 0.767. The van der Waals surface area contributed by atoms with E-state index in [-0.39, 0.29) is 6.42 Å². The molecular formula is C25H17Cl2NO4. The second-order valence-electron chi connectivity index (χ2n) is 7.96. The molecular weight excluding hydrogens is 449 g/mol. The average Bonchev–Trinajstić information content (AvgIpc) is 3.23. The Bertz CT molecular complexity index is 1290. The smallest absolute Gasteiger partial charge is 0.327 e. The van der Waals surface area contributed by atoms with Gasteiger partial charge in [-0.3, -0.25) is 19.3 Å². The molecule has 2 heterocycles. The Hall–Kier alpha value is -3.15. The standard InChI is InChI=1S/C25H17Cl2NO4/c1-14-7-9-17(12-20(14)27)28-22(29)13-19(23(28)30)25(15-5-3-2-4-6-15)18-11-16(26)8-10-21(18)32-24(25)31/h2-12,19H,13H2,1H3/t19-,25+/m1/s1. The SMILES string of the molecule is Cc1ccc(N2C(=O)C[C@@H]([C@@]3(c4ccccc4)C(=O)Oc4ccc(Cl)cc43)C2=O)cc1Cl. The van der Waals surface area contributed by atoms with Gasteiger partial charge in [0.1, 0.15) is 11.2 Å². The number of imide groups is 1. The molecule has 3 aromatic carbocycles. The minimum absolute atomic E-state index is 0.153. The second-order valence-corrected chi connectivity index (χ2v) is 8.81. The van der Waals surface area contributed by atoms with E-state index < -0.39 is 29.1 Å². The molecule has 0 spiro atoms. The molecule has 0 radical (unpaired) electrons. The molecule has 7 heteroatoms. The Morgan fingerprint density at radius 2 is 1.72 bits per heavy atom. The summed E-state index contributed by atoms with van der Waals surface area (Å²) >= 11 is 12.5. The monoisotopic (exact) mass is 465 g/mol. The van der Waals surface area contributed by atoms with Crippen LogP contribution in [0.25, 0.3) is 0 Å². The molecule has 1 saturated heterocycles. The van der Waals surface area contributed by atoms with Gasteiger partial charge in [0.05, 0.1) is 11.6 Å². The van der Waals surface area contributed by atoms with Gasteiger partial charge in [0.25, 0.3) is 0 Å². The van der Waals surface area contributed by atoms with Crippen molar-refractivity contribution in [3.8, 4) is 5.75 Å². The minimum Gasteiger partial charge on any atom is -0.425 e. The summed E-state index contributed by atoms with van der Waals surface area (Å²) in [6, 6.07) is 18.8. The molecule has 2 aliphatic heterocycles. The van der Waals surface area contributed by atoms with Crippen molar-refractivity contribution >= 4 is 46.7 Å². The lowest BCUT2D eigenvalue weighted by Gasteiger charge is -2.31. The predicted octanol–water partition coefficient (Wildman–Crippen LogP) is 5.09. The molecule has 3 aromatic rings. The van der Waals surface area contributed by atoms with E-state index in [9.17, 15) is 14.4 Å². The number of fused-ring (bicyclic) bond motifs is 1. The summed E-state index contributed by atoms with van der Waals surface area (Å²) in [7, 11) is 0. The van der Waals surface area contributed by atoms with Gasteiger partial charge in [0.2, 0.25) is 11.8 Å². The molecule has 2 atom stereocenters. The molecule has 0 N–H and O–H groups in total. The molecule has 5 rings (SSSR count). The highest BCUT2D eigenvalue weighted by Crippen LogP contribution is 2.53. The third kappa shape index (κ3) is 2.89. The maximum Gasteiger partial charge on any atom is 0.327 e. The summed E-state index contributed by atoms with van der Waals surface area (Å²) in [5.74, 6) is -2.15. The van der Waals surface area contributed by atoms with E-state index in [2.05, 4.69) is 0 Å². The number of hydrogen-bond acceptors (Lipinski definition) is 4. The van der Waals surface area contributed by atoms with Crippen LogP contribution in [0.4, 0.5) is 5.69 Å². The average molecular weight is 466 g/mol. The molecule has 32 heavy (non-hydrogen) atoms. The van der Waals surface area contributed by atoms with Crippen molar-refractivity contribution in [2.75, 3.05) is 4.90 Å². The van der Waals surface area contributed by atoms with Gasteiger partial charge < -0.3 is 4.74 Å². The van der Waals surface area contributed by atoms with Crippen LogP contribution in [0.1, 0.15) is 23.1 Å². The quantitative estimate of drug-likeness (QED) is 0.307. The van der Waals surface area contributed by atoms with Crippen molar-refractivity contribution < 1.29 is 19.1 Å². The van der Waals surface area contributed by atoms with Crippen LogP contribution in [0.5, 0.6) is 5.75 Å². The van der Waals surface area contributed by atoms with Crippen molar-refractivity contribution in [1.82, 2.24) is 0 Å². The number of anilines is 1. The third-order valence-corrected chi connectivity index (χ3v) is 6.85. The molecule has 160 valence electrons. The van der Waals surface area contributed by atoms with Gasteiger partial charge in [-0.1, -0.05) is 59.6 Å². The van der Waals surface area contributed by atoms with Gasteiger partial charge in [-0.05, 0) is 48.4 Å². The van der Waals surface area contributed by atoms with Crippen LogP contribution >= 0.6 is 23.2 Å². The lowest BCUT2D eigenvalue weighted by atomic mass is 9.66. The number of rotatable bonds is 3. The zero-order valence-electron chi connectivity index (χ0n) is 17.0. The van der Waals surface area contributed by atoms with Crippen molar-refractivity contribution in [2.45, 2.75) is 18.8 Å². The Balaban J connectivity index is 1.70. The van der Waals surface area contributed by atoms with Crippen molar-refractivity contribution in [3.63, 3.8) is 0 Å². The maximum atomic E-state index is 13.7. The molecule has 2 aliphatic rings. The van der Waals surface area contributed by atoms with E-state index in [0.29, 0.717) is 32.6 Å². The van der Waals surface area contributed by atoms with Crippen LogP contribution in [0.3, 0.4) is 0 Å². The predicted molar refractivity (Wildman–Crippen MR) is 121 cm³/mol. The fraction of sp³-hybridized carbons (Fsp3) is 0.160. The van der Waals surface area contributed by atoms with Gasteiger partial charge >= 0.3 is 5.97 Å². The fourth-order valence-electron chi connectivity index (χ4n) is 4.66. The summed E-state index contributed by atoms with van der Waals surface area (Å²) in [4.78, 5) is 41.4. The topological polar surface area (TPSA) is 63.7 Å². The van der Waals surface area contributed by atoms with Crippen LogP contribution in [-0.2, 0) is 19.8 Å². The number of hydrogen-bond donors (Lipinski definition) is 0. The van der Waals surface area contributed by atoms with E-state index in [1.54, 1.807) is 60.7 Å². The van der Waals surface area contributed by atoms with Crippen molar-refractivity contribution in [3.05, 3.63) is 93.5 Å². The highest BCUT2D eigenvalue weighted by Gasteiger charge is 2.62. The first-order valence-corrected chi connectivity index (χ1v) is 10.8. The number of aryl methyl sites for hydroxylation is 1. The highest BCUT2D eigenvalue weighted by atomic mass is 35.5. The Morgan fingerprint density at radius 3 is 2.44 bits per heavy atom. The number of esters is 1. The summed E-state index contributed by atoms with van der Waals surface area (Å²) in [6.07, 6.45) is -0.153. The molecule has 0 aliphatic carbocycles. The molecule has 0 bridgehead atoms. The van der Waals surface area contributed by atoms with Gasteiger partial charge in [-0.25, -0.2) is 0 Å². The third-order valence-electron chi connectivity index (χ3n) is 6.20. The van der Waals surface area contributed by atoms with Gasteiger partial charge in [0, 0.05) is 22.0 Å². The van der Waals surface area contributed by atoms with Crippen LogP contribution in [-0.4, -0.2) is 17.8 Å². The van der Waals surface area contributed by atoms with Crippen molar-refractivity contribution in [2.24, 2.45) is 5.92 Å². The number of halogens is 2. The minimum atomic E-state index is -1.49. The first kappa shape index (κ1) is 20.7. The van der Waals surface area contributed by atoms with E-state index in [4.69, 9.17) is 27.9 Å². The number of amides is 2. The fourth-order valence-corrected chi connectivity index (χ4v) is 5.00. The number of carbonyl (C=O) groups is 3. The molecule has 0 saturated carbocycles. The summed E-state index contributed by atoms with van der Waals surface area (Å²) in [5, 5.41) is 0.850. The first-order valence-electron chi connectivity index (χ1n) is 10.0. The molecule has 5 nitrogen and oxygen atoms in total. The van der Waals surface area contributed by atoms with E-state index in [0.717, 1.165) is 10.5 Å². The van der Waals surface area contributed by atoms with Crippen molar-refractivity contribution in [1.29, 1.82) is 0 Å². The lowest BCUT2D eigenvalue weighted by molar-refractivity contribution is -0.141. The van der Waals surface area contributed by atoms with Crippen LogP contribution in [0.15, 0.2) is 66.7 Å². The van der Waals surface area contributed by atoms with Crippen LogP contribution in [0.2, 0.25) is 10.0 Å². The first-order chi connectivity index (χ1) is 15.3. The normalized spacial score (nSPS) is 22.3. The van der Waals surface area contributed by atoms with E-state index in [1.165, 1.54) is 0 Å². The van der Waals surface area contributed by atoms with Gasteiger partial charge in [-0.15, -0.1) is 0 Å². The van der Waals surface area contributed by atoms with Crippen LogP contribution < -0.4 is 9.64 Å². The number of carbonyl (C=O) groups excluding carboxylic acids is 3. The number of benzene rings is 3. The van der Waals surface area contributed by atoms with E-state index >= 15 is 0 Å². The highest BCUT2D eigenvalue weighted by molar-refractivity contribution is 6.32. The largest absolute Gasteiger partial charge is 0.425 e. The lowest BCUT2D eigenvalue weighted by Crippen LogP contribution is -2.46. The Labute approximate surface area is 194 Å².